The second-order valence-electron chi connectivity index (χ2n) is 5.47. The van der Waals surface area contributed by atoms with E-state index in [9.17, 15) is 0 Å². The highest BCUT2D eigenvalue weighted by molar-refractivity contribution is 6.21. The molecule has 0 N–H and O–H groups in total. The lowest BCUT2D eigenvalue weighted by molar-refractivity contribution is -0.0468. The second kappa shape index (κ2) is 5.13. The molecule has 2 heteroatoms. The first-order valence-electron chi connectivity index (χ1n) is 6.92. The summed E-state index contributed by atoms with van der Waals surface area (Å²) in [5.74, 6) is 1.05. The summed E-state index contributed by atoms with van der Waals surface area (Å²) in [6, 6.07) is 6.30. The van der Waals surface area contributed by atoms with Gasteiger partial charge in [0.2, 0.25) is 0 Å². The maximum atomic E-state index is 6.43. The molecular formula is C16H23ClO. The molecule has 0 aliphatic heterocycles. The fraction of sp³-hybridized carbons (Fsp3) is 0.625. The molecule has 0 aromatic heterocycles. The van der Waals surface area contributed by atoms with Crippen LogP contribution in [-0.2, 0) is 0 Å². The van der Waals surface area contributed by atoms with Gasteiger partial charge >= 0.3 is 0 Å². The van der Waals surface area contributed by atoms with Crippen LogP contribution in [0.15, 0.2) is 18.2 Å². The number of hydrogen-bond donors (Lipinski definition) is 0. The van der Waals surface area contributed by atoms with Crippen LogP contribution in [0, 0.1) is 19.3 Å². The fourth-order valence-corrected chi connectivity index (χ4v) is 3.75. The Labute approximate surface area is 115 Å². The Morgan fingerprint density at radius 3 is 2.22 bits per heavy atom. The summed E-state index contributed by atoms with van der Waals surface area (Å²) in [5, 5.41) is 0.266. The van der Waals surface area contributed by atoms with Gasteiger partial charge in [-0.3, -0.25) is 0 Å². The summed E-state index contributed by atoms with van der Waals surface area (Å²) in [6.45, 7) is 8.66. The highest BCUT2D eigenvalue weighted by Gasteiger charge is 2.53. The van der Waals surface area contributed by atoms with Gasteiger partial charge in [-0.1, -0.05) is 32.0 Å². The van der Waals surface area contributed by atoms with E-state index in [4.69, 9.17) is 16.3 Å². The topological polar surface area (TPSA) is 9.23 Å². The third-order valence-corrected chi connectivity index (χ3v) is 5.28. The molecule has 2 atom stereocenters. The molecule has 2 rings (SSSR count). The summed E-state index contributed by atoms with van der Waals surface area (Å²) >= 11 is 6.43. The van der Waals surface area contributed by atoms with E-state index in [0.29, 0.717) is 0 Å². The third kappa shape index (κ3) is 2.03. The first-order chi connectivity index (χ1) is 8.55. The number of benzene rings is 1. The van der Waals surface area contributed by atoms with Crippen molar-refractivity contribution in [2.24, 2.45) is 5.41 Å². The van der Waals surface area contributed by atoms with Crippen molar-refractivity contribution < 1.29 is 4.74 Å². The van der Waals surface area contributed by atoms with Gasteiger partial charge in [-0.05, 0) is 37.8 Å². The SMILES string of the molecule is CCC1(CC)C(Cl)CC1Oc1c(C)cccc1C. The molecule has 1 saturated carbocycles. The largest absolute Gasteiger partial charge is 0.489 e. The van der Waals surface area contributed by atoms with E-state index in [0.717, 1.165) is 25.0 Å². The van der Waals surface area contributed by atoms with Crippen LogP contribution in [0.4, 0.5) is 0 Å². The molecule has 1 fully saturated rings. The van der Waals surface area contributed by atoms with Crippen LogP contribution in [0.5, 0.6) is 5.75 Å². The average Bonchev–Trinajstić information content (AvgIpc) is 2.34. The Balaban J connectivity index is 2.20. The van der Waals surface area contributed by atoms with E-state index in [1.54, 1.807) is 0 Å². The molecule has 1 aromatic carbocycles. The molecule has 1 aromatic rings. The Bertz CT molecular complexity index is 403. The molecule has 0 bridgehead atoms. The van der Waals surface area contributed by atoms with Crippen LogP contribution < -0.4 is 4.74 Å². The zero-order chi connectivity index (χ0) is 13.3. The van der Waals surface area contributed by atoms with Crippen molar-refractivity contribution in [3.63, 3.8) is 0 Å². The van der Waals surface area contributed by atoms with Gasteiger partial charge in [-0.15, -0.1) is 11.6 Å². The zero-order valence-corrected chi connectivity index (χ0v) is 12.6. The Morgan fingerprint density at radius 2 is 1.78 bits per heavy atom. The quantitative estimate of drug-likeness (QED) is 0.707. The minimum atomic E-state index is 0.163. The van der Waals surface area contributed by atoms with Gasteiger partial charge in [0.05, 0.1) is 0 Å². The van der Waals surface area contributed by atoms with Crippen molar-refractivity contribution in [2.45, 2.75) is 58.4 Å². The minimum Gasteiger partial charge on any atom is -0.489 e. The number of hydrogen-bond acceptors (Lipinski definition) is 1. The summed E-state index contributed by atoms with van der Waals surface area (Å²) in [6.07, 6.45) is 3.42. The van der Waals surface area contributed by atoms with Gasteiger partial charge in [0, 0.05) is 17.2 Å². The van der Waals surface area contributed by atoms with Crippen LogP contribution in [-0.4, -0.2) is 11.5 Å². The third-order valence-electron chi connectivity index (χ3n) is 4.67. The van der Waals surface area contributed by atoms with Crippen LogP contribution in [0.25, 0.3) is 0 Å². The molecule has 0 saturated heterocycles. The van der Waals surface area contributed by atoms with Crippen molar-refractivity contribution in [3.8, 4) is 5.75 Å². The molecular weight excluding hydrogens is 244 g/mol. The van der Waals surface area contributed by atoms with Gasteiger partial charge in [0.1, 0.15) is 11.9 Å². The van der Waals surface area contributed by atoms with E-state index >= 15 is 0 Å². The fourth-order valence-electron chi connectivity index (χ4n) is 3.14. The van der Waals surface area contributed by atoms with Gasteiger partial charge in [-0.2, -0.15) is 0 Å². The summed E-state index contributed by atoms with van der Waals surface area (Å²) in [4.78, 5) is 0. The maximum Gasteiger partial charge on any atom is 0.125 e. The van der Waals surface area contributed by atoms with Crippen molar-refractivity contribution in [1.29, 1.82) is 0 Å². The second-order valence-corrected chi connectivity index (χ2v) is 6.00. The maximum absolute atomic E-state index is 6.43. The number of para-hydroxylation sites is 1. The van der Waals surface area contributed by atoms with E-state index in [2.05, 4.69) is 45.9 Å². The molecule has 2 unspecified atom stereocenters. The highest BCUT2D eigenvalue weighted by Crippen LogP contribution is 2.52. The Hall–Kier alpha value is -0.690. The summed E-state index contributed by atoms with van der Waals surface area (Å²) in [7, 11) is 0. The van der Waals surface area contributed by atoms with Crippen molar-refractivity contribution >= 4 is 11.6 Å². The van der Waals surface area contributed by atoms with Gasteiger partial charge < -0.3 is 4.74 Å². The molecule has 1 aliphatic rings. The Kier molecular flexibility index (Phi) is 3.91. The summed E-state index contributed by atoms with van der Waals surface area (Å²) < 4.78 is 6.30. The van der Waals surface area contributed by atoms with E-state index in [1.807, 2.05) is 0 Å². The average molecular weight is 267 g/mol. The highest BCUT2D eigenvalue weighted by atomic mass is 35.5. The number of rotatable bonds is 4. The molecule has 0 amide bonds. The predicted molar refractivity (Wildman–Crippen MR) is 77.6 cm³/mol. The lowest BCUT2D eigenvalue weighted by atomic mass is 9.62. The molecule has 0 radical (unpaired) electrons. The molecule has 1 aliphatic carbocycles. The molecule has 100 valence electrons. The van der Waals surface area contributed by atoms with Crippen molar-refractivity contribution in [3.05, 3.63) is 29.3 Å². The van der Waals surface area contributed by atoms with Crippen molar-refractivity contribution in [1.82, 2.24) is 0 Å². The lowest BCUT2D eigenvalue weighted by Gasteiger charge is -2.52. The van der Waals surface area contributed by atoms with Crippen molar-refractivity contribution in [2.75, 3.05) is 0 Å². The normalized spacial score (nSPS) is 25.6. The molecule has 0 heterocycles. The van der Waals surface area contributed by atoms with Crippen LogP contribution in [0.3, 0.4) is 0 Å². The molecule has 0 spiro atoms. The molecule has 18 heavy (non-hydrogen) atoms. The van der Waals surface area contributed by atoms with E-state index in [-0.39, 0.29) is 16.9 Å². The summed E-state index contributed by atoms with van der Waals surface area (Å²) in [5.41, 5.74) is 2.60. The standard InChI is InChI=1S/C16H23ClO/c1-5-16(6-2)13(17)10-14(16)18-15-11(3)8-7-9-12(15)4/h7-9,13-14H,5-6,10H2,1-4H3. The minimum absolute atomic E-state index is 0.163. The van der Waals surface area contributed by atoms with Crippen LogP contribution in [0.2, 0.25) is 0 Å². The van der Waals surface area contributed by atoms with Gasteiger partial charge in [-0.25, -0.2) is 0 Å². The monoisotopic (exact) mass is 266 g/mol. The first kappa shape index (κ1) is 13.7. The number of alkyl halides is 1. The number of ether oxygens (including phenoxy) is 1. The Morgan fingerprint density at radius 1 is 1.22 bits per heavy atom. The van der Waals surface area contributed by atoms with E-state index in [1.165, 1.54) is 11.1 Å². The van der Waals surface area contributed by atoms with E-state index < -0.39 is 0 Å². The lowest BCUT2D eigenvalue weighted by Crippen LogP contribution is -2.56. The van der Waals surface area contributed by atoms with Gasteiger partial charge in [0.25, 0.3) is 0 Å². The number of aryl methyl sites for hydroxylation is 2. The van der Waals surface area contributed by atoms with Gasteiger partial charge in [0.15, 0.2) is 0 Å². The zero-order valence-electron chi connectivity index (χ0n) is 11.8. The van der Waals surface area contributed by atoms with Crippen LogP contribution >= 0.6 is 11.6 Å². The first-order valence-corrected chi connectivity index (χ1v) is 7.35. The smallest absolute Gasteiger partial charge is 0.125 e. The van der Waals surface area contributed by atoms with Crippen LogP contribution in [0.1, 0.15) is 44.2 Å². The number of halogens is 1. The predicted octanol–water partition coefficient (Wildman–Crippen LogP) is 4.87. The molecule has 1 nitrogen and oxygen atoms in total.